The van der Waals surface area contributed by atoms with Gasteiger partial charge in [0.1, 0.15) is 0 Å². The Labute approximate surface area is 65.3 Å². The Kier molecular flexibility index (Phi) is 2.15. The summed E-state index contributed by atoms with van der Waals surface area (Å²) in [4.78, 5) is 10.6. The van der Waals surface area contributed by atoms with E-state index in [0.717, 1.165) is 0 Å². The molecular formula is C7H13NO3. The number of hydrogen-bond donors (Lipinski definition) is 2. The van der Waals surface area contributed by atoms with Gasteiger partial charge in [0.15, 0.2) is 0 Å². The van der Waals surface area contributed by atoms with E-state index in [4.69, 9.17) is 15.6 Å². The van der Waals surface area contributed by atoms with Crippen LogP contribution in [-0.4, -0.2) is 29.8 Å². The lowest BCUT2D eigenvalue weighted by Gasteiger charge is -2.25. The smallest absolute Gasteiger partial charge is 0.308 e. The molecular weight excluding hydrogens is 146 g/mol. The molecule has 3 N–H and O–H groups in total. The fourth-order valence-electron chi connectivity index (χ4n) is 1.18. The highest BCUT2D eigenvalue weighted by molar-refractivity contribution is 5.71. The second-order valence-corrected chi connectivity index (χ2v) is 3.10. The molecule has 11 heavy (non-hydrogen) atoms. The number of hydrogen-bond acceptors (Lipinski definition) is 3. The zero-order valence-electron chi connectivity index (χ0n) is 6.54. The third kappa shape index (κ3) is 1.52. The molecule has 4 heteroatoms. The van der Waals surface area contributed by atoms with Gasteiger partial charge in [0.05, 0.1) is 18.1 Å². The van der Waals surface area contributed by atoms with Crippen LogP contribution in [0.3, 0.4) is 0 Å². The largest absolute Gasteiger partial charge is 0.481 e. The van der Waals surface area contributed by atoms with Gasteiger partial charge in [0.25, 0.3) is 0 Å². The van der Waals surface area contributed by atoms with E-state index >= 15 is 0 Å². The van der Waals surface area contributed by atoms with Crippen molar-refractivity contribution in [3.05, 3.63) is 0 Å². The minimum Gasteiger partial charge on any atom is -0.481 e. The molecule has 1 rings (SSSR count). The van der Waals surface area contributed by atoms with Crippen molar-refractivity contribution >= 4 is 5.97 Å². The van der Waals surface area contributed by atoms with Crippen LogP contribution in [0.1, 0.15) is 13.3 Å². The maximum absolute atomic E-state index is 10.6. The van der Waals surface area contributed by atoms with Crippen molar-refractivity contribution in [3.8, 4) is 0 Å². The molecule has 0 aromatic rings. The first-order chi connectivity index (χ1) is 5.06. The Balaban J connectivity index is 2.63. The molecule has 1 saturated heterocycles. The first-order valence-electron chi connectivity index (χ1n) is 3.66. The number of rotatable bonds is 2. The predicted octanol–water partition coefficient (Wildman–Crippen LogP) is -0.175. The van der Waals surface area contributed by atoms with Gasteiger partial charge in [-0.3, -0.25) is 4.79 Å². The maximum atomic E-state index is 10.6. The van der Waals surface area contributed by atoms with Crippen LogP contribution in [0.15, 0.2) is 0 Å². The molecule has 0 radical (unpaired) electrons. The quantitative estimate of drug-likeness (QED) is 0.586. The number of carbonyl (C=O) groups is 1. The molecule has 0 aliphatic carbocycles. The van der Waals surface area contributed by atoms with Crippen LogP contribution in [0.5, 0.6) is 0 Å². The number of aliphatic carboxylic acids is 1. The molecule has 0 aromatic carbocycles. The van der Waals surface area contributed by atoms with Crippen molar-refractivity contribution in [2.45, 2.75) is 18.9 Å². The van der Waals surface area contributed by atoms with Gasteiger partial charge < -0.3 is 15.6 Å². The van der Waals surface area contributed by atoms with Crippen LogP contribution >= 0.6 is 0 Å². The molecule has 64 valence electrons. The highest BCUT2D eigenvalue weighted by atomic mass is 16.5. The van der Waals surface area contributed by atoms with Gasteiger partial charge in [0.2, 0.25) is 0 Å². The molecule has 1 heterocycles. The lowest BCUT2D eigenvalue weighted by molar-refractivity contribution is -0.143. The zero-order chi connectivity index (χ0) is 8.48. The summed E-state index contributed by atoms with van der Waals surface area (Å²) in [6.07, 6.45) is 0.639. The standard InChI is InChI=1S/C7H13NO3/c1-5(6(9)10)7(8)2-3-11-4-7/h5H,2-4,8H2,1H3,(H,9,10). The van der Waals surface area contributed by atoms with Gasteiger partial charge >= 0.3 is 5.97 Å². The number of nitrogens with two attached hydrogens (primary N) is 1. The highest BCUT2D eigenvalue weighted by Gasteiger charge is 2.39. The van der Waals surface area contributed by atoms with Gasteiger partial charge in [0, 0.05) is 6.61 Å². The van der Waals surface area contributed by atoms with E-state index in [1.807, 2.05) is 0 Å². The molecule has 1 aliphatic rings. The second-order valence-electron chi connectivity index (χ2n) is 3.10. The third-order valence-corrected chi connectivity index (χ3v) is 2.32. The molecule has 4 nitrogen and oxygen atoms in total. The molecule has 0 saturated carbocycles. The highest BCUT2D eigenvalue weighted by Crippen LogP contribution is 2.24. The second kappa shape index (κ2) is 2.79. The Morgan fingerprint density at radius 1 is 1.82 bits per heavy atom. The fourth-order valence-corrected chi connectivity index (χ4v) is 1.18. The Morgan fingerprint density at radius 3 is 2.82 bits per heavy atom. The summed E-state index contributed by atoms with van der Waals surface area (Å²) in [5.74, 6) is -1.37. The topological polar surface area (TPSA) is 72.5 Å². The van der Waals surface area contributed by atoms with E-state index < -0.39 is 17.4 Å². The van der Waals surface area contributed by atoms with E-state index in [0.29, 0.717) is 19.6 Å². The van der Waals surface area contributed by atoms with Crippen LogP contribution in [-0.2, 0) is 9.53 Å². The van der Waals surface area contributed by atoms with Gasteiger partial charge in [-0.05, 0) is 6.42 Å². The fraction of sp³-hybridized carbons (Fsp3) is 0.857. The van der Waals surface area contributed by atoms with E-state index in [2.05, 4.69) is 0 Å². The van der Waals surface area contributed by atoms with Crippen molar-refractivity contribution in [1.82, 2.24) is 0 Å². The van der Waals surface area contributed by atoms with Crippen molar-refractivity contribution in [3.63, 3.8) is 0 Å². The minimum atomic E-state index is -0.849. The summed E-state index contributed by atoms with van der Waals surface area (Å²) in [5, 5.41) is 8.67. The van der Waals surface area contributed by atoms with E-state index in [1.54, 1.807) is 6.92 Å². The molecule has 0 bridgehead atoms. The Hall–Kier alpha value is -0.610. The van der Waals surface area contributed by atoms with E-state index in [-0.39, 0.29) is 0 Å². The maximum Gasteiger partial charge on any atom is 0.308 e. The Morgan fingerprint density at radius 2 is 2.45 bits per heavy atom. The summed E-state index contributed by atoms with van der Waals surface area (Å²) in [5.41, 5.74) is 5.15. The average molecular weight is 159 g/mol. The summed E-state index contributed by atoms with van der Waals surface area (Å²) < 4.78 is 5.04. The number of carboxylic acid groups (broad SMARTS) is 1. The monoisotopic (exact) mass is 159 g/mol. The van der Waals surface area contributed by atoms with Crippen LogP contribution in [0.2, 0.25) is 0 Å². The molecule has 2 atom stereocenters. The molecule has 0 spiro atoms. The van der Waals surface area contributed by atoms with Crippen molar-refractivity contribution in [1.29, 1.82) is 0 Å². The van der Waals surface area contributed by atoms with Crippen molar-refractivity contribution < 1.29 is 14.6 Å². The summed E-state index contributed by atoms with van der Waals surface area (Å²) in [6.45, 7) is 2.56. The van der Waals surface area contributed by atoms with Gasteiger partial charge in [-0.15, -0.1) is 0 Å². The van der Waals surface area contributed by atoms with Crippen LogP contribution in [0.4, 0.5) is 0 Å². The first-order valence-corrected chi connectivity index (χ1v) is 3.66. The summed E-state index contributed by atoms with van der Waals surface area (Å²) in [7, 11) is 0. The summed E-state index contributed by atoms with van der Waals surface area (Å²) in [6, 6.07) is 0. The van der Waals surface area contributed by atoms with Crippen LogP contribution < -0.4 is 5.73 Å². The molecule has 0 aromatic heterocycles. The SMILES string of the molecule is CC(C(=O)O)C1(N)CCOC1. The molecule has 0 amide bonds. The lowest BCUT2D eigenvalue weighted by atomic mass is 9.86. The van der Waals surface area contributed by atoms with Crippen LogP contribution in [0.25, 0.3) is 0 Å². The van der Waals surface area contributed by atoms with Gasteiger partial charge in [-0.2, -0.15) is 0 Å². The molecule has 1 aliphatic heterocycles. The minimum absolute atomic E-state index is 0.362. The average Bonchev–Trinajstić information content (AvgIpc) is 2.35. The van der Waals surface area contributed by atoms with Crippen molar-refractivity contribution in [2.75, 3.05) is 13.2 Å². The van der Waals surface area contributed by atoms with E-state index in [1.165, 1.54) is 0 Å². The van der Waals surface area contributed by atoms with Crippen LogP contribution in [0, 0.1) is 5.92 Å². The summed E-state index contributed by atoms with van der Waals surface area (Å²) >= 11 is 0. The lowest BCUT2D eigenvalue weighted by Crippen LogP contribution is -2.49. The third-order valence-electron chi connectivity index (χ3n) is 2.32. The van der Waals surface area contributed by atoms with E-state index in [9.17, 15) is 4.79 Å². The normalized spacial score (nSPS) is 33.6. The number of carboxylic acids is 1. The number of ether oxygens (including phenoxy) is 1. The zero-order valence-corrected chi connectivity index (χ0v) is 6.54. The van der Waals surface area contributed by atoms with Crippen molar-refractivity contribution in [2.24, 2.45) is 11.7 Å². The predicted molar refractivity (Wildman–Crippen MR) is 39.2 cm³/mol. The first kappa shape index (κ1) is 8.49. The van der Waals surface area contributed by atoms with Gasteiger partial charge in [-0.25, -0.2) is 0 Å². The molecule has 1 fully saturated rings. The Bertz CT molecular complexity index is 163. The van der Waals surface area contributed by atoms with Gasteiger partial charge in [-0.1, -0.05) is 6.92 Å². The molecule has 2 unspecified atom stereocenters.